The van der Waals surface area contributed by atoms with Crippen LogP contribution in [0.15, 0.2) is 40.8 Å². The van der Waals surface area contributed by atoms with Gasteiger partial charge >= 0.3 is 0 Å². The minimum Gasteiger partial charge on any atom is -0.357 e. The zero-order valence-corrected chi connectivity index (χ0v) is 20.9. The molecule has 8 heteroatoms. The maximum Gasteiger partial charge on any atom is 0.263 e. The van der Waals surface area contributed by atoms with Crippen molar-refractivity contribution in [1.82, 2.24) is 20.9 Å². The molecule has 30 heavy (non-hydrogen) atoms. The number of rotatable bonds is 8. The highest BCUT2D eigenvalue weighted by Gasteiger charge is 2.35. The van der Waals surface area contributed by atoms with E-state index in [1.165, 1.54) is 42.6 Å². The van der Waals surface area contributed by atoms with Gasteiger partial charge in [0.05, 0.1) is 17.7 Å². The molecule has 0 spiro atoms. The lowest BCUT2D eigenvalue weighted by atomic mass is 9.79. The lowest BCUT2D eigenvalue weighted by Gasteiger charge is -2.28. The second-order valence-corrected chi connectivity index (χ2v) is 8.35. The van der Waals surface area contributed by atoms with Crippen LogP contribution in [0.4, 0.5) is 0 Å². The summed E-state index contributed by atoms with van der Waals surface area (Å²) in [6.07, 6.45) is 4.89. The number of carbonyl (C=O) groups is 1. The number of benzene rings is 1. The largest absolute Gasteiger partial charge is 0.357 e. The van der Waals surface area contributed by atoms with Crippen molar-refractivity contribution in [3.05, 3.63) is 52.0 Å². The van der Waals surface area contributed by atoms with E-state index in [4.69, 9.17) is 4.99 Å². The van der Waals surface area contributed by atoms with Crippen molar-refractivity contribution < 1.29 is 4.79 Å². The number of nitrogens with zero attached hydrogens (tertiary/aromatic N) is 2. The standard InChI is InChI=1S/C22H31N5OS.HI/c1-3-23-21(25-14-13-24-20(28)19-17(2)27-16-29-19)26-15-22(11-7-8-12-22)18-9-5-4-6-10-18;/h4-6,9-10,16H,3,7-8,11-15H2,1-2H3,(H,24,28)(H2,23,25,26);1H. The van der Waals surface area contributed by atoms with Crippen LogP contribution in [0.2, 0.25) is 0 Å². The van der Waals surface area contributed by atoms with Crippen molar-refractivity contribution >= 4 is 47.2 Å². The van der Waals surface area contributed by atoms with Gasteiger partial charge in [0.25, 0.3) is 5.91 Å². The number of nitrogens with one attached hydrogen (secondary N) is 3. The van der Waals surface area contributed by atoms with Crippen LogP contribution >= 0.6 is 35.3 Å². The van der Waals surface area contributed by atoms with Gasteiger partial charge in [0.15, 0.2) is 5.96 Å². The molecule has 0 bridgehead atoms. The first-order valence-corrected chi connectivity index (χ1v) is 11.3. The minimum absolute atomic E-state index is 0. The Labute approximate surface area is 200 Å². The molecule has 3 rings (SSSR count). The molecular formula is C22H32IN5OS. The third kappa shape index (κ3) is 6.41. The van der Waals surface area contributed by atoms with E-state index in [0.717, 1.165) is 24.7 Å². The fourth-order valence-corrected chi connectivity index (χ4v) is 4.63. The highest BCUT2D eigenvalue weighted by Crippen LogP contribution is 2.41. The summed E-state index contributed by atoms with van der Waals surface area (Å²) in [6, 6.07) is 10.8. The highest BCUT2D eigenvalue weighted by molar-refractivity contribution is 14.0. The Balaban J connectivity index is 0.00000320. The summed E-state index contributed by atoms with van der Waals surface area (Å²) < 4.78 is 0. The molecule has 3 N–H and O–H groups in total. The van der Waals surface area contributed by atoms with Crippen LogP contribution in [0.25, 0.3) is 0 Å². The Hall–Kier alpha value is -1.68. The molecule has 1 amide bonds. The molecule has 0 atom stereocenters. The number of guanidine groups is 1. The second-order valence-electron chi connectivity index (χ2n) is 7.50. The molecule has 1 aliphatic carbocycles. The van der Waals surface area contributed by atoms with Gasteiger partial charge in [-0.05, 0) is 32.3 Å². The molecule has 2 aromatic rings. The fourth-order valence-electron chi connectivity index (χ4n) is 3.91. The fraction of sp³-hybridized carbons (Fsp3) is 0.500. The predicted molar refractivity (Wildman–Crippen MR) is 135 cm³/mol. The summed E-state index contributed by atoms with van der Waals surface area (Å²) in [6.45, 7) is 6.65. The molecule has 0 unspecified atom stereocenters. The van der Waals surface area contributed by atoms with Gasteiger partial charge in [0.1, 0.15) is 4.88 Å². The molecule has 0 aliphatic heterocycles. The maximum absolute atomic E-state index is 12.2. The summed E-state index contributed by atoms with van der Waals surface area (Å²) in [5, 5.41) is 9.60. The zero-order chi connectivity index (χ0) is 20.5. The van der Waals surface area contributed by atoms with Gasteiger partial charge in [-0.1, -0.05) is 43.2 Å². The van der Waals surface area contributed by atoms with Crippen molar-refractivity contribution in [2.24, 2.45) is 4.99 Å². The molecule has 1 heterocycles. The predicted octanol–water partition coefficient (Wildman–Crippen LogP) is 3.87. The van der Waals surface area contributed by atoms with Crippen molar-refractivity contribution in [2.45, 2.75) is 44.9 Å². The number of thiazole rings is 1. The van der Waals surface area contributed by atoms with Crippen molar-refractivity contribution in [1.29, 1.82) is 0 Å². The SMILES string of the molecule is CCNC(=NCC1(c2ccccc2)CCCC1)NCCNC(=O)c1scnc1C.I. The number of halogens is 1. The Kier molecular flexibility index (Phi) is 10.0. The summed E-state index contributed by atoms with van der Waals surface area (Å²) in [4.78, 5) is 21.9. The van der Waals surface area contributed by atoms with Crippen molar-refractivity contribution in [2.75, 3.05) is 26.2 Å². The molecule has 164 valence electrons. The van der Waals surface area contributed by atoms with Gasteiger partial charge in [0.2, 0.25) is 0 Å². The first kappa shape index (κ1) is 24.6. The van der Waals surface area contributed by atoms with Gasteiger partial charge in [-0.3, -0.25) is 9.79 Å². The van der Waals surface area contributed by atoms with E-state index in [1.54, 1.807) is 5.51 Å². The first-order valence-electron chi connectivity index (χ1n) is 10.4. The van der Waals surface area contributed by atoms with E-state index in [0.29, 0.717) is 18.0 Å². The Morgan fingerprint density at radius 1 is 1.13 bits per heavy atom. The van der Waals surface area contributed by atoms with E-state index < -0.39 is 0 Å². The monoisotopic (exact) mass is 541 g/mol. The summed E-state index contributed by atoms with van der Waals surface area (Å²) in [7, 11) is 0. The average Bonchev–Trinajstić information content (AvgIpc) is 3.39. The van der Waals surface area contributed by atoms with Crippen LogP contribution < -0.4 is 16.0 Å². The quantitative estimate of drug-likeness (QED) is 0.205. The number of amides is 1. The number of carbonyl (C=O) groups excluding carboxylic acids is 1. The number of aryl methyl sites for hydroxylation is 1. The summed E-state index contributed by atoms with van der Waals surface area (Å²) in [5.74, 6) is 0.737. The normalized spacial score (nSPS) is 15.3. The molecule has 1 aromatic carbocycles. The molecule has 1 saturated carbocycles. The molecule has 1 fully saturated rings. The Morgan fingerprint density at radius 2 is 1.83 bits per heavy atom. The highest BCUT2D eigenvalue weighted by atomic mass is 127. The van der Waals surface area contributed by atoms with Crippen LogP contribution in [0.1, 0.15) is 53.5 Å². The second kappa shape index (κ2) is 12.2. The third-order valence-electron chi connectivity index (χ3n) is 5.49. The molecule has 0 saturated heterocycles. The Bertz CT molecular complexity index is 818. The number of hydrogen-bond acceptors (Lipinski definition) is 4. The lowest BCUT2D eigenvalue weighted by molar-refractivity contribution is 0.0957. The van der Waals surface area contributed by atoms with Gasteiger partial charge < -0.3 is 16.0 Å². The van der Waals surface area contributed by atoms with Crippen LogP contribution in [0, 0.1) is 6.92 Å². The smallest absolute Gasteiger partial charge is 0.263 e. The van der Waals surface area contributed by atoms with Gasteiger partial charge in [0, 0.05) is 25.0 Å². The van der Waals surface area contributed by atoms with Crippen LogP contribution in [-0.4, -0.2) is 43.0 Å². The average molecular weight is 542 g/mol. The van der Waals surface area contributed by atoms with E-state index in [1.807, 2.05) is 6.92 Å². The molecule has 1 aliphatic rings. The number of hydrogen-bond donors (Lipinski definition) is 3. The minimum atomic E-state index is -0.0669. The summed E-state index contributed by atoms with van der Waals surface area (Å²) in [5.41, 5.74) is 4.01. The van der Waals surface area contributed by atoms with Gasteiger partial charge in [-0.15, -0.1) is 35.3 Å². The zero-order valence-electron chi connectivity index (χ0n) is 17.7. The lowest BCUT2D eigenvalue weighted by Crippen LogP contribution is -2.42. The van der Waals surface area contributed by atoms with Crippen molar-refractivity contribution in [3.8, 4) is 0 Å². The van der Waals surface area contributed by atoms with E-state index in [-0.39, 0.29) is 35.3 Å². The summed E-state index contributed by atoms with van der Waals surface area (Å²) >= 11 is 1.37. The Morgan fingerprint density at radius 3 is 2.47 bits per heavy atom. The van der Waals surface area contributed by atoms with Gasteiger partial charge in [-0.25, -0.2) is 4.98 Å². The molecular weight excluding hydrogens is 509 g/mol. The maximum atomic E-state index is 12.2. The third-order valence-corrected chi connectivity index (χ3v) is 6.41. The van der Waals surface area contributed by atoms with Crippen LogP contribution in [0.5, 0.6) is 0 Å². The molecule has 0 radical (unpaired) electrons. The molecule has 6 nitrogen and oxygen atoms in total. The van der Waals surface area contributed by atoms with Crippen molar-refractivity contribution in [3.63, 3.8) is 0 Å². The number of aromatic nitrogens is 1. The van der Waals surface area contributed by atoms with E-state index in [9.17, 15) is 4.79 Å². The van der Waals surface area contributed by atoms with E-state index >= 15 is 0 Å². The topological polar surface area (TPSA) is 78.4 Å². The number of aliphatic imine (C=N–C) groups is 1. The van der Waals surface area contributed by atoms with Crippen LogP contribution in [-0.2, 0) is 5.41 Å². The van der Waals surface area contributed by atoms with E-state index in [2.05, 4.69) is 58.2 Å². The van der Waals surface area contributed by atoms with Crippen LogP contribution in [0.3, 0.4) is 0 Å². The van der Waals surface area contributed by atoms with Gasteiger partial charge in [-0.2, -0.15) is 0 Å². The first-order chi connectivity index (χ1) is 14.1. The molecule has 1 aromatic heterocycles.